The molecule has 0 atom stereocenters. The van der Waals surface area contributed by atoms with Gasteiger partial charge in [-0.05, 0) is 61.3 Å². The van der Waals surface area contributed by atoms with Crippen LogP contribution in [0.15, 0.2) is 47.0 Å². The fourth-order valence-corrected chi connectivity index (χ4v) is 4.99. The molecule has 0 bridgehead atoms. The molecule has 1 aromatic heterocycles. The third kappa shape index (κ3) is 7.82. The summed E-state index contributed by atoms with van der Waals surface area (Å²) in [4.78, 5) is 34.6. The monoisotopic (exact) mass is 553 g/mol. The summed E-state index contributed by atoms with van der Waals surface area (Å²) in [7, 11) is 1.87. The van der Waals surface area contributed by atoms with Crippen LogP contribution >= 0.6 is 12.4 Å². The highest BCUT2D eigenvalue weighted by Gasteiger charge is 2.29. The van der Waals surface area contributed by atoms with E-state index in [1.54, 1.807) is 6.92 Å². The fourth-order valence-electron chi connectivity index (χ4n) is 4.99. The Kier molecular flexibility index (Phi) is 10.5. The highest BCUT2D eigenvalue weighted by atomic mass is 35.5. The lowest BCUT2D eigenvalue weighted by Crippen LogP contribution is -2.47. The molecule has 0 saturated carbocycles. The molecule has 0 saturated heterocycles. The van der Waals surface area contributed by atoms with Crippen LogP contribution < -0.4 is 10.2 Å². The van der Waals surface area contributed by atoms with Crippen molar-refractivity contribution in [2.24, 2.45) is 5.92 Å². The van der Waals surface area contributed by atoms with E-state index < -0.39 is 0 Å². The van der Waals surface area contributed by atoms with Gasteiger partial charge >= 0.3 is 0 Å². The summed E-state index contributed by atoms with van der Waals surface area (Å²) in [6.45, 7) is 8.89. The Morgan fingerprint density at radius 3 is 2.38 bits per heavy atom. The number of benzene rings is 2. The van der Waals surface area contributed by atoms with E-state index in [1.165, 1.54) is 11.1 Å². The summed E-state index contributed by atoms with van der Waals surface area (Å²) in [6.07, 6.45) is 3.68. The molecular formula is C30H40ClN5O3. The first kappa shape index (κ1) is 30.2. The molecule has 0 fully saturated rings. The zero-order chi connectivity index (χ0) is 27.2. The van der Waals surface area contributed by atoms with Crippen molar-refractivity contribution >= 4 is 29.9 Å². The van der Waals surface area contributed by atoms with Crippen molar-refractivity contribution in [2.75, 3.05) is 31.6 Å². The first-order valence-electron chi connectivity index (χ1n) is 13.5. The minimum absolute atomic E-state index is 0. The molecule has 1 N–H and O–H groups in total. The number of rotatable bonds is 11. The summed E-state index contributed by atoms with van der Waals surface area (Å²) in [6, 6.07) is 14.3. The minimum Gasteiger partial charge on any atom is -0.355 e. The Bertz CT molecular complexity index is 1250. The Morgan fingerprint density at radius 2 is 1.77 bits per heavy atom. The van der Waals surface area contributed by atoms with E-state index in [-0.39, 0.29) is 43.4 Å². The average Bonchev–Trinajstić information content (AvgIpc) is 3.52. The number of aryl methyl sites for hydroxylation is 2. The van der Waals surface area contributed by atoms with E-state index in [9.17, 15) is 9.59 Å². The van der Waals surface area contributed by atoms with Gasteiger partial charge in [0.1, 0.15) is 0 Å². The van der Waals surface area contributed by atoms with E-state index in [2.05, 4.69) is 41.4 Å². The predicted octanol–water partition coefficient (Wildman–Crippen LogP) is 4.76. The van der Waals surface area contributed by atoms with E-state index in [0.29, 0.717) is 24.2 Å². The summed E-state index contributed by atoms with van der Waals surface area (Å²) in [5.41, 5.74) is 5.14. The molecule has 2 aromatic carbocycles. The molecule has 39 heavy (non-hydrogen) atoms. The summed E-state index contributed by atoms with van der Waals surface area (Å²) < 4.78 is 5.17. The number of anilines is 1. The maximum Gasteiger partial charge on any atom is 0.242 e. The van der Waals surface area contributed by atoms with Crippen molar-refractivity contribution in [1.29, 1.82) is 0 Å². The first-order valence-corrected chi connectivity index (χ1v) is 13.5. The first-order chi connectivity index (χ1) is 18.2. The Morgan fingerprint density at radius 1 is 1.08 bits per heavy atom. The van der Waals surface area contributed by atoms with Gasteiger partial charge in [-0.3, -0.25) is 9.59 Å². The standard InChI is InChI=1S/C30H39N5O3.ClH/c1-20(2)9-8-14-31-28(36)18-35(27-17-25(13-12-21(27)3)30-32-22(4)38-33-30)19-29(37)34(5)26-15-23-10-6-7-11-24(23)16-26;/h6-7,10-13,17,20,26H,8-9,14-16,18-19H2,1-5H3,(H,31,36);1H. The van der Waals surface area contributed by atoms with Gasteiger partial charge in [-0.2, -0.15) is 4.98 Å². The van der Waals surface area contributed by atoms with Crippen LogP contribution in [0, 0.1) is 19.8 Å². The van der Waals surface area contributed by atoms with Gasteiger partial charge in [-0.15, -0.1) is 12.4 Å². The molecule has 1 heterocycles. The van der Waals surface area contributed by atoms with Crippen LogP contribution in [-0.4, -0.2) is 59.6 Å². The van der Waals surface area contributed by atoms with Crippen molar-refractivity contribution < 1.29 is 14.1 Å². The SMILES string of the molecule is Cc1nc(-c2ccc(C)c(N(CC(=O)NCCCC(C)C)CC(=O)N(C)C3Cc4ccccc4C3)c2)no1.Cl. The van der Waals surface area contributed by atoms with Crippen molar-refractivity contribution in [3.8, 4) is 11.4 Å². The predicted molar refractivity (Wildman–Crippen MR) is 156 cm³/mol. The largest absolute Gasteiger partial charge is 0.355 e. The maximum absolute atomic E-state index is 13.6. The second-order valence-corrected chi connectivity index (χ2v) is 10.7. The Balaban J connectivity index is 0.00000420. The van der Waals surface area contributed by atoms with E-state index >= 15 is 0 Å². The average molecular weight is 554 g/mol. The Hall–Kier alpha value is -3.39. The van der Waals surface area contributed by atoms with Crippen LogP contribution in [-0.2, 0) is 22.4 Å². The topological polar surface area (TPSA) is 91.6 Å². The molecule has 0 unspecified atom stereocenters. The molecule has 210 valence electrons. The number of hydrogen-bond donors (Lipinski definition) is 1. The van der Waals surface area contributed by atoms with Gasteiger partial charge < -0.3 is 19.6 Å². The highest BCUT2D eigenvalue weighted by Crippen LogP contribution is 2.28. The van der Waals surface area contributed by atoms with Crippen molar-refractivity contribution in [3.05, 3.63) is 65.0 Å². The van der Waals surface area contributed by atoms with Crippen LogP contribution in [0.2, 0.25) is 0 Å². The zero-order valence-corrected chi connectivity index (χ0v) is 24.4. The molecule has 8 nitrogen and oxygen atoms in total. The lowest BCUT2D eigenvalue weighted by atomic mass is 10.1. The van der Waals surface area contributed by atoms with Crippen molar-refractivity contribution in [2.45, 2.75) is 59.4 Å². The zero-order valence-electron chi connectivity index (χ0n) is 23.6. The number of halogens is 1. The molecule has 1 aliphatic carbocycles. The van der Waals surface area contributed by atoms with Gasteiger partial charge in [0, 0.05) is 37.8 Å². The minimum atomic E-state index is -0.0994. The quantitative estimate of drug-likeness (QED) is 0.344. The van der Waals surface area contributed by atoms with Crippen molar-refractivity contribution in [3.63, 3.8) is 0 Å². The van der Waals surface area contributed by atoms with Gasteiger partial charge in [0.15, 0.2) is 0 Å². The lowest BCUT2D eigenvalue weighted by Gasteiger charge is -2.30. The molecule has 0 radical (unpaired) electrons. The number of nitrogens with zero attached hydrogens (tertiary/aromatic N) is 4. The number of likely N-dealkylation sites (N-methyl/N-ethyl adjacent to an activating group) is 1. The van der Waals surface area contributed by atoms with Crippen molar-refractivity contribution in [1.82, 2.24) is 20.4 Å². The summed E-state index contributed by atoms with van der Waals surface area (Å²) in [5, 5.41) is 7.07. The summed E-state index contributed by atoms with van der Waals surface area (Å²) in [5.74, 6) is 1.44. The van der Waals surface area contributed by atoms with Gasteiger partial charge in [0.25, 0.3) is 0 Å². The lowest BCUT2D eigenvalue weighted by molar-refractivity contribution is -0.130. The van der Waals surface area contributed by atoms with Gasteiger partial charge in [0.2, 0.25) is 23.5 Å². The second kappa shape index (κ2) is 13.6. The van der Waals surface area contributed by atoms with Crippen LogP contribution in [0.5, 0.6) is 0 Å². The number of nitrogens with one attached hydrogen (secondary N) is 1. The van der Waals surface area contributed by atoms with Crippen LogP contribution in [0.3, 0.4) is 0 Å². The number of amides is 2. The smallest absolute Gasteiger partial charge is 0.242 e. The van der Waals surface area contributed by atoms with Crippen LogP contribution in [0.1, 0.15) is 49.3 Å². The number of aromatic nitrogens is 2. The fraction of sp³-hybridized carbons (Fsp3) is 0.467. The number of carbonyl (C=O) groups is 2. The van der Waals surface area contributed by atoms with Gasteiger partial charge in [0.05, 0.1) is 13.1 Å². The molecule has 2 amide bonds. The second-order valence-electron chi connectivity index (χ2n) is 10.7. The number of hydrogen-bond acceptors (Lipinski definition) is 6. The van der Waals surface area contributed by atoms with Crippen LogP contribution in [0.25, 0.3) is 11.4 Å². The molecule has 4 rings (SSSR count). The third-order valence-corrected chi connectivity index (χ3v) is 7.25. The molecule has 0 spiro atoms. The van der Waals surface area contributed by atoms with Gasteiger partial charge in [-0.1, -0.05) is 55.4 Å². The highest BCUT2D eigenvalue weighted by molar-refractivity contribution is 5.87. The molecule has 1 aliphatic rings. The molecule has 9 heteroatoms. The van der Waals surface area contributed by atoms with E-state index in [1.807, 2.05) is 54.1 Å². The molecule has 3 aromatic rings. The van der Waals surface area contributed by atoms with Crippen LogP contribution in [0.4, 0.5) is 5.69 Å². The normalized spacial score (nSPS) is 12.7. The third-order valence-electron chi connectivity index (χ3n) is 7.25. The number of carbonyl (C=O) groups excluding carboxylic acids is 2. The van der Waals surface area contributed by atoms with Gasteiger partial charge in [-0.25, -0.2) is 0 Å². The van der Waals surface area contributed by atoms with E-state index in [0.717, 1.165) is 42.5 Å². The molecule has 0 aliphatic heterocycles. The maximum atomic E-state index is 13.6. The summed E-state index contributed by atoms with van der Waals surface area (Å²) >= 11 is 0. The number of fused-ring (bicyclic) bond motifs is 1. The van der Waals surface area contributed by atoms with E-state index in [4.69, 9.17) is 4.52 Å². The Labute approximate surface area is 237 Å². The molecular weight excluding hydrogens is 514 g/mol.